The smallest absolute Gasteiger partial charge is 0.323 e. The van der Waals surface area contributed by atoms with Crippen LogP contribution in [0.15, 0.2) is 34.7 Å². The number of rotatable bonds is 4. The molecule has 1 aromatic heterocycles. The maximum atomic E-state index is 11.4. The van der Waals surface area contributed by atoms with E-state index in [9.17, 15) is 9.90 Å². The molecule has 2 aromatic rings. The summed E-state index contributed by atoms with van der Waals surface area (Å²) in [6.07, 6.45) is 1.50. The lowest BCUT2D eigenvalue weighted by molar-refractivity contribution is -0.149. The molecular weight excluding hydrogens is 270 g/mol. The van der Waals surface area contributed by atoms with Crippen molar-refractivity contribution in [3.05, 3.63) is 36.2 Å². The molecule has 110 valence electrons. The van der Waals surface area contributed by atoms with Crippen LogP contribution >= 0.6 is 0 Å². The van der Waals surface area contributed by atoms with Gasteiger partial charge in [0.25, 0.3) is 0 Å². The van der Waals surface area contributed by atoms with E-state index in [1.807, 2.05) is 35.2 Å². The highest BCUT2D eigenvalue weighted by atomic mass is 16.4. The molecule has 2 heterocycles. The van der Waals surface area contributed by atoms with Crippen molar-refractivity contribution in [1.82, 2.24) is 15.1 Å². The van der Waals surface area contributed by atoms with E-state index in [-0.39, 0.29) is 0 Å². The lowest BCUT2D eigenvalue weighted by atomic mass is 9.99. The molecule has 1 saturated heterocycles. The van der Waals surface area contributed by atoms with Gasteiger partial charge in [0, 0.05) is 5.56 Å². The zero-order valence-electron chi connectivity index (χ0n) is 11.8. The van der Waals surface area contributed by atoms with Crippen LogP contribution in [-0.4, -0.2) is 38.3 Å². The van der Waals surface area contributed by atoms with Crippen LogP contribution in [0.2, 0.25) is 0 Å². The van der Waals surface area contributed by atoms with Crippen molar-refractivity contribution < 1.29 is 14.3 Å². The molecule has 0 spiro atoms. The highest BCUT2D eigenvalue weighted by Crippen LogP contribution is 2.31. The van der Waals surface area contributed by atoms with E-state index in [0.717, 1.165) is 18.5 Å². The van der Waals surface area contributed by atoms with Gasteiger partial charge in [-0.15, -0.1) is 10.2 Å². The first-order chi connectivity index (χ1) is 10.1. The fourth-order valence-electron chi connectivity index (χ4n) is 2.69. The van der Waals surface area contributed by atoms with Crippen LogP contribution in [0.1, 0.15) is 25.7 Å². The Hall–Kier alpha value is -2.21. The lowest BCUT2D eigenvalue weighted by Gasteiger charge is -2.29. The number of aromatic nitrogens is 2. The molecule has 1 unspecified atom stereocenters. The molecule has 0 saturated carbocycles. The van der Waals surface area contributed by atoms with Crippen molar-refractivity contribution in [1.29, 1.82) is 0 Å². The van der Waals surface area contributed by atoms with Crippen molar-refractivity contribution >= 4 is 5.97 Å². The minimum absolute atomic E-state index is 0.364. The third-order valence-electron chi connectivity index (χ3n) is 4.06. The summed E-state index contributed by atoms with van der Waals surface area (Å²) < 4.78 is 5.65. The molecule has 0 radical (unpaired) electrons. The molecule has 1 fully saturated rings. The highest BCUT2D eigenvalue weighted by Gasteiger charge is 2.43. The summed E-state index contributed by atoms with van der Waals surface area (Å²) >= 11 is 0. The normalized spacial score (nSPS) is 22.5. The summed E-state index contributed by atoms with van der Waals surface area (Å²) in [5.41, 5.74) is 0.0140. The van der Waals surface area contributed by atoms with Crippen molar-refractivity contribution in [3.63, 3.8) is 0 Å². The van der Waals surface area contributed by atoms with E-state index in [1.165, 1.54) is 0 Å². The van der Waals surface area contributed by atoms with Gasteiger partial charge in [-0.1, -0.05) is 18.2 Å². The molecule has 1 N–H and O–H groups in total. The van der Waals surface area contributed by atoms with E-state index in [1.54, 1.807) is 6.92 Å². The number of benzene rings is 1. The number of carboxylic acids is 1. The first-order valence-electron chi connectivity index (χ1n) is 6.96. The van der Waals surface area contributed by atoms with E-state index in [2.05, 4.69) is 10.2 Å². The number of hydrogen-bond donors (Lipinski definition) is 1. The second-order valence-corrected chi connectivity index (χ2v) is 5.47. The minimum atomic E-state index is -0.846. The predicted octanol–water partition coefficient (Wildman–Crippen LogP) is 2.18. The molecule has 1 aliphatic heterocycles. The van der Waals surface area contributed by atoms with Crippen molar-refractivity contribution in [2.75, 3.05) is 6.54 Å². The fraction of sp³-hybridized carbons (Fsp3) is 0.400. The number of carboxylic acid groups (broad SMARTS) is 1. The molecular formula is C15H17N3O3. The standard InChI is InChI=1S/C15H17N3O3/c1-15(14(19)20)8-5-9-18(15)10-12-16-17-13(21-12)11-6-3-2-4-7-11/h2-4,6-7H,5,8-10H2,1H3,(H,19,20). The summed E-state index contributed by atoms with van der Waals surface area (Å²) in [5, 5.41) is 17.5. The maximum absolute atomic E-state index is 11.4. The summed E-state index contributed by atoms with van der Waals surface area (Å²) in [6, 6.07) is 9.52. The van der Waals surface area contributed by atoms with Gasteiger partial charge in [-0.2, -0.15) is 0 Å². The van der Waals surface area contributed by atoms with Crippen LogP contribution in [0.25, 0.3) is 11.5 Å². The molecule has 0 bridgehead atoms. The number of nitrogens with zero attached hydrogens (tertiary/aromatic N) is 3. The van der Waals surface area contributed by atoms with Crippen LogP contribution in [0.5, 0.6) is 0 Å². The average Bonchev–Trinajstić information content (AvgIpc) is 3.09. The molecule has 1 aromatic carbocycles. The van der Waals surface area contributed by atoms with Crippen molar-refractivity contribution in [2.24, 2.45) is 0 Å². The first-order valence-corrected chi connectivity index (χ1v) is 6.96. The minimum Gasteiger partial charge on any atom is -0.480 e. The van der Waals surface area contributed by atoms with Crippen LogP contribution < -0.4 is 0 Å². The summed E-state index contributed by atoms with van der Waals surface area (Å²) in [6.45, 7) is 2.84. The van der Waals surface area contributed by atoms with Crippen molar-refractivity contribution in [3.8, 4) is 11.5 Å². The Bertz CT molecular complexity index is 641. The summed E-state index contributed by atoms with van der Waals surface area (Å²) in [7, 11) is 0. The van der Waals surface area contributed by atoms with Gasteiger partial charge < -0.3 is 9.52 Å². The molecule has 21 heavy (non-hydrogen) atoms. The molecule has 1 aliphatic rings. The average molecular weight is 287 g/mol. The molecule has 3 rings (SSSR count). The molecule has 6 nitrogen and oxygen atoms in total. The Kier molecular flexibility index (Phi) is 3.47. The SMILES string of the molecule is CC1(C(=O)O)CCCN1Cc1nnc(-c2ccccc2)o1. The predicted molar refractivity (Wildman–Crippen MR) is 75.4 cm³/mol. The van der Waals surface area contributed by atoms with Gasteiger partial charge in [0.2, 0.25) is 11.8 Å². The Balaban J connectivity index is 1.77. The lowest BCUT2D eigenvalue weighted by Crippen LogP contribution is -2.47. The van der Waals surface area contributed by atoms with E-state index in [0.29, 0.717) is 24.7 Å². The maximum Gasteiger partial charge on any atom is 0.323 e. The molecule has 1 atom stereocenters. The largest absolute Gasteiger partial charge is 0.480 e. The van der Waals surface area contributed by atoms with Crippen LogP contribution in [0.4, 0.5) is 0 Å². The van der Waals surface area contributed by atoms with Gasteiger partial charge in [-0.05, 0) is 38.4 Å². The van der Waals surface area contributed by atoms with Gasteiger partial charge >= 0.3 is 5.97 Å². The summed E-state index contributed by atoms with van der Waals surface area (Å²) in [5.74, 6) is 0.104. The Morgan fingerprint density at radius 3 is 2.86 bits per heavy atom. The van der Waals surface area contributed by atoms with Crippen LogP contribution in [0, 0.1) is 0 Å². The van der Waals surface area contributed by atoms with E-state index in [4.69, 9.17) is 4.42 Å². The monoisotopic (exact) mass is 287 g/mol. The van der Waals surface area contributed by atoms with Gasteiger partial charge in [-0.3, -0.25) is 9.69 Å². The van der Waals surface area contributed by atoms with Crippen LogP contribution in [0.3, 0.4) is 0 Å². The van der Waals surface area contributed by atoms with Gasteiger partial charge in [0.05, 0.1) is 6.54 Å². The number of hydrogen-bond acceptors (Lipinski definition) is 5. The van der Waals surface area contributed by atoms with Gasteiger partial charge in [0.1, 0.15) is 5.54 Å². The van der Waals surface area contributed by atoms with Crippen molar-refractivity contribution in [2.45, 2.75) is 31.8 Å². The Labute approximate surface area is 122 Å². The zero-order valence-corrected chi connectivity index (χ0v) is 11.8. The Morgan fingerprint density at radius 1 is 1.38 bits per heavy atom. The molecule has 0 amide bonds. The second kappa shape index (κ2) is 5.29. The summed E-state index contributed by atoms with van der Waals surface area (Å²) in [4.78, 5) is 13.3. The zero-order chi connectivity index (χ0) is 14.9. The Morgan fingerprint density at radius 2 is 2.14 bits per heavy atom. The fourth-order valence-corrected chi connectivity index (χ4v) is 2.69. The third-order valence-corrected chi connectivity index (χ3v) is 4.06. The molecule has 6 heteroatoms. The van der Waals surface area contributed by atoms with Gasteiger partial charge in [-0.25, -0.2) is 0 Å². The topological polar surface area (TPSA) is 79.5 Å². The number of carbonyl (C=O) groups is 1. The quantitative estimate of drug-likeness (QED) is 0.928. The third kappa shape index (κ3) is 2.54. The second-order valence-electron chi connectivity index (χ2n) is 5.47. The highest BCUT2D eigenvalue weighted by molar-refractivity contribution is 5.78. The first kappa shape index (κ1) is 13.8. The molecule has 0 aliphatic carbocycles. The number of likely N-dealkylation sites (tertiary alicyclic amines) is 1. The van der Waals surface area contributed by atoms with Gasteiger partial charge in [0.15, 0.2) is 0 Å². The van der Waals surface area contributed by atoms with Crippen LogP contribution in [-0.2, 0) is 11.3 Å². The number of aliphatic carboxylic acids is 1. The van der Waals surface area contributed by atoms with E-state index < -0.39 is 11.5 Å². The van der Waals surface area contributed by atoms with E-state index >= 15 is 0 Å².